The third-order valence-corrected chi connectivity index (χ3v) is 3.39. The summed E-state index contributed by atoms with van der Waals surface area (Å²) in [6.07, 6.45) is 3.29. The van der Waals surface area contributed by atoms with E-state index in [1.807, 2.05) is 6.07 Å². The van der Waals surface area contributed by atoms with Crippen LogP contribution in [0.3, 0.4) is 0 Å². The molecular formula is C15H16N4O2. The maximum absolute atomic E-state index is 12.4. The number of carbonyl (C=O) groups excluding carboxylic acids is 1. The van der Waals surface area contributed by atoms with Crippen LogP contribution in [-0.2, 0) is 4.74 Å². The first-order valence-corrected chi connectivity index (χ1v) is 6.79. The second-order valence-electron chi connectivity index (χ2n) is 4.81. The van der Waals surface area contributed by atoms with Crippen molar-refractivity contribution in [2.75, 3.05) is 32.0 Å². The predicted octanol–water partition coefficient (Wildman–Crippen LogP) is 1.20. The second kappa shape index (κ2) is 5.88. The molecule has 0 radical (unpaired) electrons. The fourth-order valence-corrected chi connectivity index (χ4v) is 2.23. The zero-order valence-corrected chi connectivity index (χ0v) is 11.5. The fourth-order valence-electron chi connectivity index (χ4n) is 2.23. The van der Waals surface area contributed by atoms with Gasteiger partial charge in [0.05, 0.1) is 18.9 Å². The van der Waals surface area contributed by atoms with Crippen LogP contribution in [0.25, 0.3) is 11.3 Å². The van der Waals surface area contributed by atoms with E-state index in [0.717, 1.165) is 5.56 Å². The molecule has 0 bridgehead atoms. The average Bonchev–Trinajstić information content (AvgIpc) is 2.56. The molecule has 1 fully saturated rings. The van der Waals surface area contributed by atoms with Crippen LogP contribution in [0.2, 0.25) is 0 Å². The summed E-state index contributed by atoms with van der Waals surface area (Å²) in [6.45, 7) is 2.43. The van der Waals surface area contributed by atoms with Gasteiger partial charge in [0.2, 0.25) is 0 Å². The molecule has 2 N–H and O–H groups in total. The van der Waals surface area contributed by atoms with Crippen molar-refractivity contribution in [1.29, 1.82) is 0 Å². The summed E-state index contributed by atoms with van der Waals surface area (Å²) in [5.41, 5.74) is 7.74. The molecule has 1 aliphatic heterocycles. The quantitative estimate of drug-likeness (QED) is 0.896. The van der Waals surface area contributed by atoms with Crippen LogP contribution < -0.4 is 5.73 Å². The van der Waals surface area contributed by atoms with Gasteiger partial charge in [-0.3, -0.25) is 9.78 Å². The number of hydrogen-bond acceptors (Lipinski definition) is 5. The number of nitrogen functional groups attached to an aromatic ring is 1. The Labute approximate surface area is 122 Å². The van der Waals surface area contributed by atoms with Gasteiger partial charge >= 0.3 is 0 Å². The van der Waals surface area contributed by atoms with Crippen molar-refractivity contribution < 1.29 is 9.53 Å². The van der Waals surface area contributed by atoms with E-state index in [2.05, 4.69) is 9.97 Å². The van der Waals surface area contributed by atoms with Crippen molar-refractivity contribution in [2.45, 2.75) is 0 Å². The van der Waals surface area contributed by atoms with Crippen LogP contribution in [0.4, 0.5) is 5.82 Å². The summed E-state index contributed by atoms with van der Waals surface area (Å²) < 4.78 is 5.26. The standard InChI is InChI=1S/C15H16N4O2/c16-14-2-1-12(10-18-14)13-9-11(3-4-17-13)15(20)19-5-7-21-8-6-19/h1-4,9-10H,5-8H2,(H2,16,18). The van der Waals surface area contributed by atoms with Gasteiger partial charge < -0.3 is 15.4 Å². The van der Waals surface area contributed by atoms with Crippen LogP contribution in [0.1, 0.15) is 10.4 Å². The maximum atomic E-state index is 12.4. The van der Waals surface area contributed by atoms with Gasteiger partial charge in [-0.2, -0.15) is 0 Å². The number of amides is 1. The van der Waals surface area contributed by atoms with Crippen LogP contribution in [-0.4, -0.2) is 47.1 Å². The zero-order chi connectivity index (χ0) is 14.7. The highest BCUT2D eigenvalue weighted by molar-refractivity contribution is 5.95. The molecule has 2 aromatic heterocycles. The number of hydrogen-bond donors (Lipinski definition) is 1. The van der Waals surface area contributed by atoms with Gasteiger partial charge in [0.15, 0.2) is 0 Å². The molecule has 3 rings (SSSR count). The maximum Gasteiger partial charge on any atom is 0.254 e. The Morgan fingerprint density at radius 2 is 2.00 bits per heavy atom. The Morgan fingerprint density at radius 1 is 1.19 bits per heavy atom. The molecule has 0 aliphatic carbocycles. The number of pyridine rings is 2. The van der Waals surface area contributed by atoms with Gasteiger partial charge in [0.1, 0.15) is 5.82 Å². The van der Waals surface area contributed by atoms with Gasteiger partial charge in [-0.25, -0.2) is 4.98 Å². The molecule has 0 aromatic carbocycles. The molecule has 6 heteroatoms. The van der Waals surface area contributed by atoms with Gasteiger partial charge in [-0.15, -0.1) is 0 Å². The largest absolute Gasteiger partial charge is 0.384 e. The van der Waals surface area contributed by atoms with Crippen LogP contribution >= 0.6 is 0 Å². The van der Waals surface area contributed by atoms with Crippen molar-refractivity contribution in [3.05, 3.63) is 42.2 Å². The van der Waals surface area contributed by atoms with Gasteiger partial charge in [-0.1, -0.05) is 0 Å². The molecule has 1 saturated heterocycles. The molecule has 21 heavy (non-hydrogen) atoms. The summed E-state index contributed by atoms with van der Waals surface area (Å²) >= 11 is 0. The Balaban J connectivity index is 1.85. The molecule has 1 aliphatic rings. The number of rotatable bonds is 2. The lowest BCUT2D eigenvalue weighted by Crippen LogP contribution is -2.40. The van der Waals surface area contributed by atoms with E-state index in [4.69, 9.17) is 10.5 Å². The number of nitrogens with two attached hydrogens (primary N) is 1. The van der Waals surface area contributed by atoms with Crippen molar-refractivity contribution in [3.8, 4) is 11.3 Å². The average molecular weight is 284 g/mol. The lowest BCUT2D eigenvalue weighted by molar-refractivity contribution is 0.0303. The van der Waals surface area contributed by atoms with Crippen LogP contribution in [0.15, 0.2) is 36.7 Å². The number of aromatic nitrogens is 2. The predicted molar refractivity (Wildman–Crippen MR) is 78.6 cm³/mol. The molecular weight excluding hydrogens is 268 g/mol. The minimum absolute atomic E-state index is 0.00496. The summed E-state index contributed by atoms with van der Waals surface area (Å²) in [6, 6.07) is 7.07. The van der Waals surface area contributed by atoms with Crippen LogP contribution in [0, 0.1) is 0 Å². The highest BCUT2D eigenvalue weighted by atomic mass is 16.5. The Bertz CT molecular complexity index is 636. The lowest BCUT2D eigenvalue weighted by Gasteiger charge is -2.26. The number of anilines is 1. The number of ether oxygens (including phenoxy) is 1. The molecule has 6 nitrogen and oxygen atoms in total. The minimum Gasteiger partial charge on any atom is -0.384 e. The van der Waals surface area contributed by atoms with Gasteiger partial charge in [-0.05, 0) is 24.3 Å². The number of morpholine rings is 1. The van der Waals surface area contributed by atoms with E-state index >= 15 is 0 Å². The van der Waals surface area contributed by atoms with Crippen molar-refractivity contribution >= 4 is 11.7 Å². The van der Waals surface area contributed by atoms with E-state index in [-0.39, 0.29) is 5.91 Å². The summed E-state index contributed by atoms with van der Waals surface area (Å²) in [5.74, 6) is 0.463. The van der Waals surface area contributed by atoms with Crippen molar-refractivity contribution in [3.63, 3.8) is 0 Å². The van der Waals surface area contributed by atoms with E-state index in [1.165, 1.54) is 0 Å². The smallest absolute Gasteiger partial charge is 0.254 e. The normalized spacial score (nSPS) is 15.0. The number of carbonyl (C=O) groups is 1. The highest BCUT2D eigenvalue weighted by Crippen LogP contribution is 2.18. The minimum atomic E-state index is 0.00496. The monoisotopic (exact) mass is 284 g/mol. The van der Waals surface area contributed by atoms with E-state index in [1.54, 1.807) is 35.5 Å². The molecule has 3 heterocycles. The van der Waals surface area contributed by atoms with Crippen molar-refractivity contribution in [1.82, 2.24) is 14.9 Å². The molecule has 0 atom stereocenters. The van der Waals surface area contributed by atoms with Gasteiger partial charge in [0, 0.05) is 36.6 Å². The molecule has 108 valence electrons. The first kappa shape index (κ1) is 13.5. The Morgan fingerprint density at radius 3 is 2.71 bits per heavy atom. The molecule has 0 saturated carbocycles. The molecule has 0 unspecified atom stereocenters. The highest BCUT2D eigenvalue weighted by Gasteiger charge is 2.19. The molecule has 2 aromatic rings. The number of nitrogens with zero attached hydrogens (tertiary/aromatic N) is 3. The summed E-state index contributed by atoms with van der Waals surface area (Å²) in [4.78, 5) is 22.6. The first-order chi connectivity index (χ1) is 10.2. The fraction of sp³-hybridized carbons (Fsp3) is 0.267. The SMILES string of the molecule is Nc1ccc(-c2cc(C(=O)N3CCOCC3)ccn2)cn1. The second-order valence-corrected chi connectivity index (χ2v) is 4.81. The molecule has 1 amide bonds. The van der Waals surface area contributed by atoms with Crippen molar-refractivity contribution in [2.24, 2.45) is 0 Å². The molecule has 0 spiro atoms. The Hall–Kier alpha value is -2.47. The summed E-state index contributed by atoms with van der Waals surface area (Å²) in [7, 11) is 0. The van der Waals surface area contributed by atoms with Gasteiger partial charge in [0.25, 0.3) is 5.91 Å². The van der Waals surface area contributed by atoms with E-state index in [9.17, 15) is 4.79 Å². The third kappa shape index (κ3) is 3.00. The van der Waals surface area contributed by atoms with Crippen LogP contribution in [0.5, 0.6) is 0 Å². The lowest BCUT2D eigenvalue weighted by atomic mass is 10.1. The first-order valence-electron chi connectivity index (χ1n) is 6.79. The van der Waals surface area contributed by atoms with E-state index < -0.39 is 0 Å². The Kier molecular flexibility index (Phi) is 3.79. The summed E-state index contributed by atoms with van der Waals surface area (Å²) in [5, 5.41) is 0. The zero-order valence-electron chi connectivity index (χ0n) is 11.5. The van der Waals surface area contributed by atoms with E-state index in [0.29, 0.717) is 43.4 Å². The topological polar surface area (TPSA) is 81.3 Å². The third-order valence-electron chi connectivity index (χ3n) is 3.39.